The molecule has 0 heterocycles. The Morgan fingerprint density at radius 3 is 2.92 bits per heavy atom. The highest BCUT2D eigenvalue weighted by atomic mass is 16.5. The molecule has 0 aromatic carbocycles. The van der Waals surface area contributed by atoms with E-state index in [1.54, 1.807) is 0 Å². The van der Waals surface area contributed by atoms with E-state index < -0.39 is 0 Å². The topological polar surface area (TPSA) is 9.23 Å². The Bertz CT molecular complexity index is 312. The van der Waals surface area contributed by atoms with Crippen LogP contribution in [-0.2, 0) is 4.74 Å². The van der Waals surface area contributed by atoms with E-state index in [-0.39, 0.29) is 0 Å². The molecule has 68 valence electrons. The first kappa shape index (κ1) is 9.63. The van der Waals surface area contributed by atoms with E-state index in [0.717, 1.165) is 23.3 Å². The van der Waals surface area contributed by atoms with Crippen molar-refractivity contribution in [1.29, 1.82) is 0 Å². The maximum Gasteiger partial charge on any atom is 0.116 e. The molecule has 0 N–H and O–H groups in total. The van der Waals surface area contributed by atoms with Crippen LogP contribution in [0, 0.1) is 0 Å². The third-order valence-corrected chi connectivity index (χ3v) is 1.81. The van der Waals surface area contributed by atoms with Gasteiger partial charge < -0.3 is 4.74 Å². The van der Waals surface area contributed by atoms with Crippen molar-refractivity contribution in [2.45, 2.75) is 13.3 Å². The number of ether oxygens (including phenoxy) is 1. The molecule has 1 rings (SSSR count). The van der Waals surface area contributed by atoms with Gasteiger partial charge in [-0.25, -0.2) is 0 Å². The molecule has 0 aromatic rings. The molecule has 13 heavy (non-hydrogen) atoms. The molecule has 0 fully saturated rings. The minimum atomic E-state index is 0.562. The Kier molecular flexibility index (Phi) is 3.36. The predicted molar refractivity (Wildman–Crippen MR) is 55.3 cm³/mol. The van der Waals surface area contributed by atoms with Crippen molar-refractivity contribution in [3.63, 3.8) is 0 Å². The summed E-state index contributed by atoms with van der Waals surface area (Å²) in [4.78, 5) is 0. The molecule has 0 atom stereocenters. The summed E-state index contributed by atoms with van der Waals surface area (Å²) in [5.41, 5.74) is 4.91. The Hall–Kier alpha value is -1.46. The summed E-state index contributed by atoms with van der Waals surface area (Å²) in [6.45, 7) is 9.89. The number of allylic oxidation sites excluding steroid dienone is 4. The second kappa shape index (κ2) is 4.54. The quantitative estimate of drug-likeness (QED) is 0.597. The average molecular weight is 174 g/mol. The van der Waals surface area contributed by atoms with Crippen LogP contribution in [-0.4, -0.2) is 6.61 Å². The Morgan fingerprint density at radius 1 is 1.62 bits per heavy atom. The van der Waals surface area contributed by atoms with Crippen molar-refractivity contribution in [2.75, 3.05) is 6.61 Å². The van der Waals surface area contributed by atoms with Gasteiger partial charge >= 0.3 is 0 Å². The second-order valence-corrected chi connectivity index (χ2v) is 3.05. The Balaban J connectivity index is 2.44. The molecule has 1 aliphatic rings. The molecular formula is C12H14O. The maximum absolute atomic E-state index is 5.48. The van der Waals surface area contributed by atoms with Crippen LogP contribution in [0.4, 0.5) is 0 Å². The number of hydrogen-bond acceptors (Lipinski definition) is 1. The third-order valence-electron chi connectivity index (χ3n) is 1.81. The SMILES string of the molecule is C=C=C(C)COC1=CCC(=C)C=C1. The minimum absolute atomic E-state index is 0.562. The molecule has 0 amide bonds. The van der Waals surface area contributed by atoms with E-state index >= 15 is 0 Å². The van der Waals surface area contributed by atoms with Crippen molar-refractivity contribution >= 4 is 0 Å². The standard InChI is InChI=1S/C12H14O/c1-4-10(2)9-13-12-7-5-11(3)6-8-12/h5,7-8H,1,3,6,9H2,2H3. The molecule has 0 spiro atoms. The first-order valence-electron chi connectivity index (χ1n) is 4.26. The fourth-order valence-electron chi connectivity index (χ4n) is 0.917. The summed E-state index contributed by atoms with van der Waals surface area (Å²) < 4.78 is 5.48. The largest absolute Gasteiger partial charge is 0.489 e. The van der Waals surface area contributed by atoms with Crippen molar-refractivity contribution in [3.05, 3.63) is 54.0 Å². The lowest BCUT2D eigenvalue weighted by molar-refractivity contribution is 0.251. The number of rotatable bonds is 3. The second-order valence-electron chi connectivity index (χ2n) is 3.05. The lowest BCUT2D eigenvalue weighted by Crippen LogP contribution is -1.96. The predicted octanol–water partition coefficient (Wildman–Crippen LogP) is 3.13. The summed E-state index contributed by atoms with van der Waals surface area (Å²) in [5, 5.41) is 0. The van der Waals surface area contributed by atoms with E-state index in [4.69, 9.17) is 4.74 Å². The van der Waals surface area contributed by atoms with Crippen LogP contribution >= 0.6 is 0 Å². The van der Waals surface area contributed by atoms with E-state index in [2.05, 4.69) is 18.9 Å². The summed E-state index contributed by atoms with van der Waals surface area (Å²) in [6.07, 6.45) is 6.81. The zero-order chi connectivity index (χ0) is 9.68. The van der Waals surface area contributed by atoms with Crippen LogP contribution in [0.2, 0.25) is 0 Å². The maximum atomic E-state index is 5.48. The van der Waals surface area contributed by atoms with Gasteiger partial charge in [-0.15, -0.1) is 5.73 Å². The lowest BCUT2D eigenvalue weighted by Gasteiger charge is -2.09. The summed E-state index contributed by atoms with van der Waals surface area (Å²) >= 11 is 0. The molecule has 1 aliphatic carbocycles. The fourth-order valence-corrected chi connectivity index (χ4v) is 0.917. The summed E-state index contributed by atoms with van der Waals surface area (Å²) in [7, 11) is 0. The molecule has 1 nitrogen and oxygen atoms in total. The van der Waals surface area contributed by atoms with E-state index in [1.807, 2.05) is 25.2 Å². The highest BCUT2D eigenvalue weighted by molar-refractivity contribution is 5.30. The van der Waals surface area contributed by atoms with Gasteiger partial charge in [0, 0.05) is 5.57 Å². The van der Waals surface area contributed by atoms with E-state index in [9.17, 15) is 0 Å². The first-order chi connectivity index (χ1) is 6.22. The van der Waals surface area contributed by atoms with Gasteiger partial charge in [0.1, 0.15) is 12.4 Å². The van der Waals surface area contributed by atoms with Gasteiger partial charge in [-0.1, -0.05) is 24.8 Å². The van der Waals surface area contributed by atoms with Crippen molar-refractivity contribution in [3.8, 4) is 0 Å². The molecular weight excluding hydrogens is 160 g/mol. The van der Waals surface area contributed by atoms with Gasteiger partial charge in [-0.05, 0) is 25.5 Å². The van der Waals surface area contributed by atoms with Gasteiger partial charge in [-0.3, -0.25) is 0 Å². The molecule has 0 bridgehead atoms. The van der Waals surface area contributed by atoms with Gasteiger partial charge in [0.2, 0.25) is 0 Å². The highest BCUT2D eigenvalue weighted by Gasteiger charge is 1.99. The average Bonchev–Trinajstić information content (AvgIpc) is 2.16. The molecule has 1 heteroatoms. The van der Waals surface area contributed by atoms with Crippen molar-refractivity contribution in [1.82, 2.24) is 0 Å². The van der Waals surface area contributed by atoms with Gasteiger partial charge in [0.15, 0.2) is 0 Å². The molecule has 0 saturated carbocycles. The van der Waals surface area contributed by atoms with Crippen LogP contribution in [0.1, 0.15) is 13.3 Å². The van der Waals surface area contributed by atoms with Crippen LogP contribution in [0.15, 0.2) is 54.0 Å². The zero-order valence-corrected chi connectivity index (χ0v) is 7.97. The van der Waals surface area contributed by atoms with Gasteiger partial charge in [-0.2, -0.15) is 0 Å². The van der Waals surface area contributed by atoms with Crippen LogP contribution in [0.3, 0.4) is 0 Å². The summed E-state index contributed by atoms with van der Waals surface area (Å²) in [5.74, 6) is 0.905. The van der Waals surface area contributed by atoms with E-state index in [1.165, 1.54) is 0 Å². The molecule has 0 aromatic heterocycles. The smallest absolute Gasteiger partial charge is 0.116 e. The van der Waals surface area contributed by atoms with Crippen molar-refractivity contribution in [2.24, 2.45) is 0 Å². The third kappa shape index (κ3) is 3.18. The monoisotopic (exact) mass is 174 g/mol. The van der Waals surface area contributed by atoms with Gasteiger partial charge in [0.05, 0.1) is 0 Å². The first-order valence-corrected chi connectivity index (χ1v) is 4.26. The van der Waals surface area contributed by atoms with Crippen LogP contribution < -0.4 is 0 Å². The lowest BCUT2D eigenvalue weighted by atomic mass is 10.1. The van der Waals surface area contributed by atoms with Crippen LogP contribution in [0.5, 0.6) is 0 Å². The Labute approximate surface area is 79.4 Å². The molecule has 0 saturated heterocycles. The number of hydrogen-bond donors (Lipinski definition) is 0. The van der Waals surface area contributed by atoms with Gasteiger partial charge in [0.25, 0.3) is 0 Å². The molecule has 0 radical (unpaired) electrons. The summed E-state index contributed by atoms with van der Waals surface area (Å²) in [6, 6.07) is 0. The van der Waals surface area contributed by atoms with E-state index in [0.29, 0.717) is 6.61 Å². The molecule has 0 aliphatic heterocycles. The van der Waals surface area contributed by atoms with Crippen molar-refractivity contribution < 1.29 is 4.74 Å². The van der Waals surface area contributed by atoms with Crippen LogP contribution in [0.25, 0.3) is 0 Å². The fraction of sp³-hybridized carbons (Fsp3) is 0.250. The molecule has 0 unspecified atom stereocenters. The normalized spacial score (nSPS) is 14.8. The Morgan fingerprint density at radius 2 is 2.38 bits per heavy atom. The minimum Gasteiger partial charge on any atom is -0.489 e. The zero-order valence-electron chi connectivity index (χ0n) is 7.97. The highest BCUT2D eigenvalue weighted by Crippen LogP contribution is 2.14.